The number of ether oxygens (including phenoxy) is 1. The summed E-state index contributed by atoms with van der Waals surface area (Å²) in [5.41, 5.74) is 4.24. The second kappa shape index (κ2) is 10.7. The van der Waals surface area contributed by atoms with Gasteiger partial charge in [0.1, 0.15) is 0 Å². The van der Waals surface area contributed by atoms with Crippen LogP contribution in [0.3, 0.4) is 0 Å². The third-order valence-corrected chi connectivity index (χ3v) is 2.87. The first-order valence-corrected chi connectivity index (χ1v) is 6.65. The standard InChI is InChI=1S/C15H15N3O2S.H2O.Zn/c1-20-13-9-5-6-11(14(13)19)10-16-18-15(21)17-12-7-3-2-4-8-12;;/h2-10,19H,1H3,(H2,17,18,21);1H2;/q;;+2. The zero-order valence-corrected chi connectivity index (χ0v) is 16.4. The van der Waals surface area contributed by atoms with Gasteiger partial charge in [-0.2, -0.15) is 5.10 Å². The molecule has 8 heteroatoms. The smallest absolute Gasteiger partial charge is 0.870 e. The number of thiocarbonyl (C=S) groups is 1. The van der Waals surface area contributed by atoms with Crippen LogP contribution in [0.15, 0.2) is 53.6 Å². The van der Waals surface area contributed by atoms with Crippen molar-refractivity contribution in [1.29, 1.82) is 0 Å². The number of nitrogens with one attached hydrogen (secondary N) is 2. The van der Waals surface area contributed by atoms with Crippen molar-refractivity contribution in [2.75, 3.05) is 12.4 Å². The van der Waals surface area contributed by atoms with Crippen molar-refractivity contribution >= 4 is 29.2 Å². The average molecular weight is 385 g/mol. The van der Waals surface area contributed by atoms with Crippen LogP contribution in [0.2, 0.25) is 0 Å². The van der Waals surface area contributed by atoms with Crippen LogP contribution in [-0.2, 0) is 19.5 Å². The van der Waals surface area contributed by atoms with Gasteiger partial charge in [-0.25, -0.2) is 0 Å². The number of benzene rings is 2. The minimum Gasteiger partial charge on any atom is -0.870 e. The van der Waals surface area contributed by atoms with Gasteiger partial charge in [0.2, 0.25) is 5.75 Å². The summed E-state index contributed by atoms with van der Waals surface area (Å²) in [6.07, 6.45) is 1.53. The van der Waals surface area contributed by atoms with Crippen molar-refractivity contribution in [3.05, 3.63) is 54.1 Å². The molecule has 2 rings (SSSR count). The van der Waals surface area contributed by atoms with E-state index in [9.17, 15) is 0 Å². The van der Waals surface area contributed by atoms with Gasteiger partial charge < -0.3 is 20.6 Å². The molecule has 0 radical (unpaired) electrons. The number of anilines is 1. The Morgan fingerprint density at radius 1 is 1.17 bits per heavy atom. The van der Waals surface area contributed by atoms with Crippen molar-refractivity contribution in [2.24, 2.45) is 5.10 Å². The number of para-hydroxylation sites is 2. The molecular weight excluding hydrogens is 368 g/mol. The molecule has 0 fully saturated rings. The number of rotatable bonds is 4. The van der Waals surface area contributed by atoms with Gasteiger partial charge in [-0.15, -0.1) is 0 Å². The van der Waals surface area contributed by atoms with Crippen molar-refractivity contribution in [3.8, 4) is 11.5 Å². The number of hydrogen-bond donors (Lipinski definition) is 2. The summed E-state index contributed by atoms with van der Waals surface area (Å²) in [5.74, 6) is 0.788. The number of hydrazone groups is 1. The molecule has 0 amide bonds. The van der Waals surface area contributed by atoms with Crippen molar-refractivity contribution < 1.29 is 34.8 Å². The number of methoxy groups -OCH3 is 1. The van der Waals surface area contributed by atoms with E-state index in [4.69, 9.17) is 22.1 Å². The van der Waals surface area contributed by atoms with Gasteiger partial charge in [-0.3, -0.25) is 5.43 Å². The first-order valence-electron chi connectivity index (χ1n) is 6.24. The molecule has 2 aromatic carbocycles. The van der Waals surface area contributed by atoms with Crippen LogP contribution in [0.25, 0.3) is 0 Å². The zero-order chi connectivity index (χ0) is 15.1. The Morgan fingerprint density at radius 2 is 1.87 bits per heavy atom. The molecule has 6 nitrogen and oxygen atoms in total. The van der Waals surface area contributed by atoms with E-state index in [-0.39, 0.29) is 30.7 Å². The summed E-state index contributed by atoms with van der Waals surface area (Å²) in [6.45, 7) is 0. The monoisotopic (exact) mass is 383 g/mol. The molecular formula is C15H17N3O3SZn+2. The molecule has 2 aromatic rings. The maximum Gasteiger partial charge on any atom is 2.00 e. The fourth-order valence-electron chi connectivity index (χ4n) is 1.67. The second-order valence-corrected chi connectivity index (χ2v) is 4.52. The van der Waals surface area contributed by atoms with E-state index in [0.717, 1.165) is 5.69 Å². The molecule has 0 aliphatic rings. The van der Waals surface area contributed by atoms with Gasteiger partial charge in [0.25, 0.3) is 0 Å². The van der Waals surface area contributed by atoms with Crippen LogP contribution in [0.4, 0.5) is 5.69 Å². The van der Waals surface area contributed by atoms with E-state index in [1.54, 1.807) is 18.2 Å². The van der Waals surface area contributed by atoms with Gasteiger partial charge in [0.15, 0.2) is 5.11 Å². The van der Waals surface area contributed by atoms with Crippen LogP contribution in [0.5, 0.6) is 11.5 Å². The molecule has 0 spiro atoms. The fourth-order valence-corrected chi connectivity index (χ4v) is 1.84. The van der Waals surface area contributed by atoms with E-state index in [2.05, 4.69) is 15.8 Å². The van der Waals surface area contributed by atoms with E-state index in [1.807, 2.05) is 30.3 Å². The van der Waals surface area contributed by atoms with Crippen LogP contribution in [0.1, 0.15) is 5.56 Å². The minimum atomic E-state index is 0. The fraction of sp³-hybridized carbons (Fsp3) is 0.0667. The molecule has 0 atom stereocenters. The van der Waals surface area contributed by atoms with Gasteiger partial charge in [0.05, 0.1) is 18.9 Å². The SMILES string of the molecule is COc1cccc(C=NNC(=S)Nc2ccccc2)c1[OH2+].[OH-].[Zn+2]. The summed E-state index contributed by atoms with van der Waals surface area (Å²) < 4.78 is 5.08. The van der Waals surface area contributed by atoms with Crippen molar-refractivity contribution in [2.45, 2.75) is 0 Å². The predicted octanol–water partition coefficient (Wildman–Crippen LogP) is 2.27. The molecule has 0 aromatic heterocycles. The van der Waals surface area contributed by atoms with Crippen molar-refractivity contribution in [1.82, 2.24) is 5.43 Å². The van der Waals surface area contributed by atoms with E-state index in [1.165, 1.54) is 13.3 Å². The quantitative estimate of drug-likeness (QED) is 0.277. The maximum atomic E-state index is 7.92. The molecule has 0 saturated carbocycles. The number of hydrogen-bond acceptors (Lipinski definition) is 4. The summed E-state index contributed by atoms with van der Waals surface area (Å²) in [7, 11) is 1.53. The molecule has 116 valence electrons. The average Bonchev–Trinajstić information content (AvgIpc) is 2.50. The summed E-state index contributed by atoms with van der Waals surface area (Å²) in [5, 5.41) is 15.3. The van der Waals surface area contributed by atoms with Crippen LogP contribution in [0, 0.1) is 0 Å². The maximum absolute atomic E-state index is 7.92. The Bertz CT molecular complexity index is 654. The van der Waals surface area contributed by atoms with E-state index in [0.29, 0.717) is 16.4 Å². The Balaban J connectivity index is 0.00000242. The molecule has 0 aliphatic carbocycles. The normalized spacial score (nSPS) is 9.43. The second-order valence-electron chi connectivity index (χ2n) is 4.11. The van der Waals surface area contributed by atoms with Gasteiger partial charge in [0, 0.05) is 5.69 Å². The van der Waals surface area contributed by atoms with E-state index >= 15 is 0 Å². The summed E-state index contributed by atoms with van der Waals surface area (Å²) in [6, 6.07) is 14.9. The molecule has 0 saturated heterocycles. The zero-order valence-electron chi connectivity index (χ0n) is 12.6. The molecule has 23 heavy (non-hydrogen) atoms. The van der Waals surface area contributed by atoms with Gasteiger partial charge in [-0.1, -0.05) is 24.3 Å². The third-order valence-electron chi connectivity index (χ3n) is 2.68. The molecule has 0 bridgehead atoms. The first kappa shape index (κ1) is 21.0. The van der Waals surface area contributed by atoms with Gasteiger partial charge >= 0.3 is 25.2 Å². The summed E-state index contributed by atoms with van der Waals surface area (Å²) >= 11 is 5.13. The van der Waals surface area contributed by atoms with Crippen LogP contribution in [-0.4, -0.2) is 29.0 Å². The third kappa shape index (κ3) is 6.32. The van der Waals surface area contributed by atoms with Crippen LogP contribution >= 0.6 is 12.2 Å². The summed E-state index contributed by atoms with van der Waals surface area (Å²) in [4.78, 5) is 0. The van der Waals surface area contributed by atoms with Gasteiger partial charge in [-0.05, 0) is 36.5 Å². The van der Waals surface area contributed by atoms with E-state index < -0.39 is 0 Å². The Kier molecular flexibility index (Phi) is 9.73. The Morgan fingerprint density at radius 3 is 2.52 bits per heavy atom. The van der Waals surface area contributed by atoms with Crippen LogP contribution < -0.4 is 15.5 Å². The Hall–Kier alpha value is -2.02. The molecule has 0 heterocycles. The number of nitrogens with zero attached hydrogens (tertiary/aromatic N) is 1. The molecule has 0 aliphatic heterocycles. The first-order chi connectivity index (χ1) is 10.2. The minimum absolute atomic E-state index is 0. The predicted molar refractivity (Wildman–Crippen MR) is 91.4 cm³/mol. The molecule has 5 N–H and O–H groups in total. The topological polar surface area (TPSA) is 98.5 Å². The largest absolute Gasteiger partial charge is 2.00 e. The van der Waals surface area contributed by atoms with Crippen molar-refractivity contribution in [3.63, 3.8) is 0 Å². The Labute approximate surface area is 152 Å². The molecule has 0 unspecified atom stereocenters.